The van der Waals surface area contributed by atoms with Gasteiger partial charge in [0.2, 0.25) is 5.91 Å². The maximum atomic E-state index is 12.2. The predicted octanol–water partition coefficient (Wildman–Crippen LogP) is 2.39. The average molecular weight is 290 g/mol. The minimum Gasteiger partial charge on any atom is -0.389 e. The lowest BCUT2D eigenvalue weighted by molar-refractivity contribution is -0.121. The molecule has 0 saturated carbocycles. The summed E-state index contributed by atoms with van der Waals surface area (Å²) >= 11 is 0. The molecule has 21 heavy (non-hydrogen) atoms. The summed E-state index contributed by atoms with van der Waals surface area (Å²) in [6, 6.07) is 3.46. The van der Waals surface area contributed by atoms with E-state index in [-0.39, 0.29) is 12.3 Å². The van der Waals surface area contributed by atoms with E-state index >= 15 is 0 Å². The Morgan fingerprint density at radius 2 is 2.00 bits per heavy atom. The third kappa shape index (κ3) is 3.78. The van der Waals surface area contributed by atoms with Gasteiger partial charge in [-0.3, -0.25) is 4.79 Å². The van der Waals surface area contributed by atoms with Crippen LogP contribution in [-0.2, 0) is 4.79 Å². The van der Waals surface area contributed by atoms with Gasteiger partial charge in [0, 0.05) is 12.3 Å². The molecule has 1 amide bonds. The van der Waals surface area contributed by atoms with Crippen molar-refractivity contribution < 1.29 is 9.90 Å². The first kappa shape index (κ1) is 15.4. The first-order valence-corrected chi connectivity index (χ1v) is 7.39. The number of hydrogen-bond acceptors (Lipinski definition) is 4. The minimum absolute atomic E-state index is 0.0970. The number of nitrogens with zero attached hydrogens (tertiary/aromatic N) is 3. The quantitative estimate of drug-likeness (QED) is 0.820. The molecule has 0 saturated heterocycles. The van der Waals surface area contributed by atoms with E-state index in [1.165, 1.54) is 0 Å². The zero-order valence-corrected chi connectivity index (χ0v) is 12.5. The highest BCUT2D eigenvalue weighted by Crippen LogP contribution is 2.24. The molecule has 0 bridgehead atoms. The molecule has 2 aromatic heterocycles. The minimum atomic E-state index is -0.927. The predicted molar refractivity (Wildman–Crippen MR) is 81.0 cm³/mol. The summed E-state index contributed by atoms with van der Waals surface area (Å²) < 4.78 is 1.57. The number of carbonyl (C=O) groups is 1. The Bertz CT molecular complexity index is 602. The first-order valence-electron chi connectivity index (χ1n) is 7.39. The van der Waals surface area contributed by atoms with Crippen LogP contribution in [0.2, 0.25) is 0 Å². The Morgan fingerprint density at radius 3 is 2.67 bits per heavy atom. The van der Waals surface area contributed by atoms with Crippen molar-refractivity contribution in [3.05, 3.63) is 24.5 Å². The van der Waals surface area contributed by atoms with Gasteiger partial charge in [-0.25, -0.2) is 4.98 Å². The summed E-state index contributed by atoms with van der Waals surface area (Å²) in [5.74, 6) is 0.354. The molecule has 0 spiro atoms. The molecule has 0 radical (unpaired) electrons. The summed E-state index contributed by atoms with van der Waals surface area (Å²) in [6.45, 7) is 4.02. The molecule has 2 N–H and O–H groups in total. The van der Waals surface area contributed by atoms with Gasteiger partial charge in [0.25, 0.3) is 0 Å². The van der Waals surface area contributed by atoms with Crippen molar-refractivity contribution in [2.75, 3.05) is 5.32 Å². The SMILES string of the molecule is CCCC(O)(CCC)CC(=O)Nc1ccnc2ccnn12. The molecule has 2 aromatic rings. The van der Waals surface area contributed by atoms with Crippen molar-refractivity contribution in [1.29, 1.82) is 0 Å². The number of anilines is 1. The molecule has 0 atom stereocenters. The fraction of sp³-hybridized carbons (Fsp3) is 0.533. The lowest BCUT2D eigenvalue weighted by atomic mass is 9.89. The van der Waals surface area contributed by atoms with Gasteiger partial charge in [0.15, 0.2) is 5.65 Å². The summed E-state index contributed by atoms with van der Waals surface area (Å²) in [5.41, 5.74) is -0.255. The molecule has 0 aliphatic carbocycles. The van der Waals surface area contributed by atoms with Crippen LogP contribution in [0.5, 0.6) is 0 Å². The number of rotatable bonds is 7. The van der Waals surface area contributed by atoms with Crippen LogP contribution in [0.1, 0.15) is 46.0 Å². The highest BCUT2D eigenvalue weighted by Gasteiger charge is 2.28. The molecule has 6 heteroatoms. The van der Waals surface area contributed by atoms with Crippen molar-refractivity contribution in [3.8, 4) is 0 Å². The molecule has 0 fully saturated rings. The number of nitrogens with one attached hydrogen (secondary N) is 1. The van der Waals surface area contributed by atoms with Crippen LogP contribution in [0, 0.1) is 0 Å². The molecule has 0 unspecified atom stereocenters. The molecular weight excluding hydrogens is 268 g/mol. The summed E-state index contributed by atoms with van der Waals surface area (Å²) in [6.07, 6.45) is 6.30. The second-order valence-corrected chi connectivity index (χ2v) is 5.38. The van der Waals surface area contributed by atoms with Crippen LogP contribution < -0.4 is 5.32 Å². The Morgan fingerprint density at radius 1 is 1.29 bits per heavy atom. The van der Waals surface area contributed by atoms with Gasteiger partial charge in [-0.2, -0.15) is 9.61 Å². The number of fused-ring (bicyclic) bond motifs is 1. The van der Waals surface area contributed by atoms with Crippen LogP contribution in [0.25, 0.3) is 5.65 Å². The average Bonchev–Trinajstić information content (AvgIpc) is 2.88. The van der Waals surface area contributed by atoms with E-state index in [9.17, 15) is 9.90 Å². The normalized spacial score (nSPS) is 11.8. The van der Waals surface area contributed by atoms with Crippen LogP contribution in [-0.4, -0.2) is 31.2 Å². The smallest absolute Gasteiger partial charge is 0.228 e. The largest absolute Gasteiger partial charge is 0.389 e. The highest BCUT2D eigenvalue weighted by molar-refractivity contribution is 5.90. The lowest BCUT2D eigenvalue weighted by Crippen LogP contribution is -2.34. The lowest BCUT2D eigenvalue weighted by Gasteiger charge is -2.26. The molecule has 114 valence electrons. The Kier molecular flexibility index (Phi) is 4.90. The maximum Gasteiger partial charge on any atom is 0.228 e. The van der Waals surface area contributed by atoms with Gasteiger partial charge in [0.1, 0.15) is 5.82 Å². The summed E-state index contributed by atoms with van der Waals surface area (Å²) in [5, 5.41) is 17.5. The number of aromatic nitrogens is 3. The highest BCUT2D eigenvalue weighted by atomic mass is 16.3. The van der Waals surface area contributed by atoms with E-state index in [1.807, 2.05) is 13.8 Å². The van der Waals surface area contributed by atoms with Crippen LogP contribution in [0.3, 0.4) is 0 Å². The second kappa shape index (κ2) is 6.67. The number of aliphatic hydroxyl groups is 1. The monoisotopic (exact) mass is 290 g/mol. The molecule has 0 aliphatic rings. The van der Waals surface area contributed by atoms with Crippen LogP contribution >= 0.6 is 0 Å². The zero-order valence-electron chi connectivity index (χ0n) is 12.5. The van der Waals surface area contributed by atoms with Gasteiger partial charge in [-0.15, -0.1) is 0 Å². The van der Waals surface area contributed by atoms with Gasteiger partial charge in [0.05, 0.1) is 18.2 Å². The van der Waals surface area contributed by atoms with E-state index in [0.29, 0.717) is 24.3 Å². The Balaban J connectivity index is 2.08. The summed E-state index contributed by atoms with van der Waals surface area (Å²) in [7, 11) is 0. The van der Waals surface area contributed by atoms with Crippen molar-refractivity contribution >= 4 is 17.4 Å². The molecule has 6 nitrogen and oxygen atoms in total. The first-order chi connectivity index (χ1) is 10.1. The molecule has 0 aromatic carbocycles. The summed E-state index contributed by atoms with van der Waals surface area (Å²) in [4.78, 5) is 16.4. The third-order valence-electron chi connectivity index (χ3n) is 3.48. The maximum absolute atomic E-state index is 12.2. The van der Waals surface area contributed by atoms with Crippen molar-refractivity contribution in [2.45, 2.75) is 51.6 Å². The number of hydrogen-bond donors (Lipinski definition) is 2. The van der Waals surface area contributed by atoms with Crippen molar-refractivity contribution in [1.82, 2.24) is 14.6 Å². The van der Waals surface area contributed by atoms with E-state index < -0.39 is 5.60 Å². The fourth-order valence-electron chi connectivity index (χ4n) is 2.65. The van der Waals surface area contributed by atoms with Crippen molar-refractivity contribution in [2.24, 2.45) is 0 Å². The standard InChI is InChI=1S/C15H22N4O2/c1-3-7-15(21,8-4-2)11-14(20)18-13-5-9-16-12-6-10-17-19(12)13/h5-6,9-10,21H,3-4,7-8,11H2,1-2H3,(H,18,20). The van der Waals surface area contributed by atoms with Gasteiger partial charge in [-0.05, 0) is 18.9 Å². The molecule has 0 aliphatic heterocycles. The van der Waals surface area contributed by atoms with Crippen LogP contribution in [0.4, 0.5) is 5.82 Å². The molecule has 2 rings (SSSR count). The topological polar surface area (TPSA) is 79.5 Å². The molecule has 2 heterocycles. The van der Waals surface area contributed by atoms with Gasteiger partial charge < -0.3 is 10.4 Å². The van der Waals surface area contributed by atoms with E-state index in [1.54, 1.807) is 29.0 Å². The molecular formula is C15H22N4O2. The second-order valence-electron chi connectivity index (χ2n) is 5.38. The fourth-order valence-corrected chi connectivity index (χ4v) is 2.65. The van der Waals surface area contributed by atoms with Gasteiger partial charge in [-0.1, -0.05) is 26.7 Å². The van der Waals surface area contributed by atoms with Gasteiger partial charge >= 0.3 is 0 Å². The number of amides is 1. The number of carbonyl (C=O) groups excluding carboxylic acids is 1. The Labute approximate surface area is 124 Å². The van der Waals surface area contributed by atoms with Crippen molar-refractivity contribution in [3.63, 3.8) is 0 Å². The zero-order chi connectivity index (χ0) is 15.3. The van der Waals surface area contributed by atoms with E-state index in [2.05, 4.69) is 15.4 Å². The van der Waals surface area contributed by atoms with E-state index in [0.717, 1.165) is 12.8 Å². The van der Waals surface area contributed by atoms with Crippen LogP contribution in [0.15, 0.2) is 24.5 Å². The van der Waals surface area contributed by atoms with E-state index in [4.69, 9.17) is 0 Å². The third-order valence-corrected chi connectivity index (χ3v) is 3.48. The Hall–Kier alpha value is -1.95.